The van der Waals surface area contributed by atoms with Gasteiger partial charge in [0.25, 0.3) is 0 Å². The molecule has 0 amide bonds. The molecule has 0 aromatic carbocycles. The first-order valence-corrected chi connectivity index (χ1v) is 2.57. The van der Waals surface area contributed by atoms with Crippen molar-refractivity contribution in [3.8, 4) is 6.07 Å². The number of methoxy groups -OCH3 is 2. The summed E-state index contributed by atoms with van der Waals surface area (Å²) in [7, 11) is 2.71. The summed E-state index contributed by atoms with van der Waals surface area (Å²) in [5.74, 6) is 0. The Morgan fingerprint density at radius 3 is 2.09 bits per heavy atom. The van der Waals surface area contributed by atoms with Gasteiger partial charge >= 0.3 is 29.6 Å². The third-order valence-electron chi connectivity index (χ3n) is 0.938. The van der Waals surface area contributed by atoms with Crippen LogP contribution in [0.15, 0.2) is 11.8 Å². The molecule has 0 aliphatic carbocycles. The number of nitrogens with zero attached hydrogens (tertiary/aromatic N) is 1. The first-order chi connectivity index (χ1) is 4.79. The standard InChI is InChI=1S/C6H9NO3.Na/c1-9-6(10-2)5(3-7)4-8;/h4,6,8H,1-2H3;/q;+1/p-1/b5-4-;. The van der Waals surface area contributed by atoms with E-state index in [-0.39, 0.29) is 35.1 Å². The number of rotatable bonds is 3. The van der Waals surface area contributed by atoms with Crippen LogP contribution in [0.4, 0.5) is 0 Å². The molecule has 0 N–H and O–H groups in total. The molecule has 0 fully saturated rings. The maximum atomic E-state index is 10.1. The van der Waals surface area contributed by atoms with Crippen molar-refractivity contribution >= 4 is 0 Å². The largest absolute Gasteiger partial charge is 1.00 e. The van der Waals surface area contributed by atoms with E-state index in [1.807, 2.05) is 0 Å². The third-order valence-corrected chi connectivity index (χ3v) is 0.938. The Bertz CT molecular complexity index is 160. The minimum atomic E-state index is -0.831. The number of hydrogen-bond donors (Lipinski definition) is 0. The van der Waals surface area contributed by atoms with Crippen LogP contribution in [-0.2, 0) is 9.47 Å². The SMILES string of the molecule is COC(OC)/C(C#N)=C\[O-].[Na+]. The van der Waals surface area contributed by atoms with Crippen molar-refractivity contribution in [3.05, 3.63) is 11.8 Å². The second-order valence-electron chi connectivity index (χ2n) is 1.49. The molecular formula is C6H8NNaO3. The molecule has 0 spiro atoms. The zero-order valence-corrected chi connectivity index (χ0v) is 8.83. The van der Waals surface area contributed by atoms with Crippen molar-refractivity contribution in [3.63, 3.8) is 0 Å². The Kier molecular flexibility index (Phi) is 9.90. The van der Waals surface area contributed by atoms with Gasteiger partial charge in [0.05, 0.1) is 11.6 Å². The fourth-order valence-electron chi connectivity index (χ4n) is 0.485. The van der Waals surface area contributed by atoms with E-state index in [0.29, 0.717) is 6.26 Å². The molecule has 0 bridgehead atoms. The summed E-state index contributed by atoms with van der Waals surface area (Å²) in [4.78, 5) is 0. The van der Waals surface area contributed by atoms with Gasteiger partial charge in [-0.3, -0.25) is 0 Å². The van der Waals surface area contributed by atoms with Gasteiger partial charge in [0, 0.05) is 14.2 Å². The monoisotopic (exact) mass is 165 g/mol. The van der Waals surface area contributed by atoms with Crippen LogP contribution < -0.4 is 34.7 Å². The van der Waals surface area contributed by atoms with Crippen molar-refractivity contribution in [2.75, 3.05) is 14.2 Å². The quantitative estimate of drug-likeness (QED) is 0.187. The molecule has 56 valence electrons. The van der Waals surface area contributed by atoms with Crippen LogP contribution in [0, 0.1) is 11.3 Å². The molecule has 5 heteroatoms. The van der Waals surface area contributed by atoms with Crippen LogP contribution >= 0.6 is 0 Å². The van der Waals surface area contributed by atoms with Crippen molar-refractivity contribution in [2.45, 2.75) is 6.29 Å². The van der Waals surface area contributed by atoms with Gasteiger partial charge in [-0.25, -0.2) is 0 Å². The Morgan fingerprint density at radius 2 is 2.00 bits per heavy atom. The van der Waals surface area contributed by atoms with Crippen molar-refractivity contribution in [2.24, 2.45) is 0 Å². The Morgan fingerprint density at radius 1 is 1.55 bits per heavy atom. The van der Waals surface area contributed by atoms with Gasteiger partial charge in [-0.2, -0.15) is 5.26 Å². The van der Waals surface area contributed by atoms with Crippen molar-refractivity contribution in [1.29, 1.82) is 5.26 Å². The second kappa shape index (κ2) is 8.05. The zero-order valence-electron chi connectivity index (χ0n) is 6.83. The maximum absolute atomic E-state index is 10.1. The molecule has 0 saturated heterocycles. The van der Waals surface area contributed by atoms with Gasteiger partial charge in [-0.15, -0.1) is 6.26 Å². The molecule has 0 aromatic rings. The van der Waals surface area contributed by atoms with Gasteiger partial charge in [-0.05, 0) is 0 Å². The molecule has 0 unspecified atom stereocenters. The second-order valence-corrected chi connectivity index (χ2v) is 1.49. The summed E-state index contributed by atoms with van der Waals surface area (Å²) >= 11 is 0. The summed E-state index contributed by atoms with van der Waals surface area (Å²) in [5, 5.41) is 18.4. The molecule has 0 aliphatic rings. The summed E-state index contributed by atoms with van der Waals surface area (Å²) in [5.41, 5.74) is -0.0648. The number of ether oxygens (including phenoxy) is 2. The van der Waals surface area contributed by atoms with E-state index in [2.05, 4.69) is 9.47 Å². The van der Waals surface area contributed by atoms with Gasteiger partial charge in [0.2, 0.25) is 0 Å². The Balaban J connectivity index is 0. The van der Waals surface area contributed by atoms with Crippen LogP contribution in [-0.4, -0.2) is 20.5 Å². The van der Waals surface area contributed by atoms with E-state index in [9.17, 15) is 5.11 Å². The first-order valence-electron chi connectivity index (χ1n) is 2.57. The Labute approximate surface area is 87.7 Å². The molecule has 0 aliphatic heterocycles. The van der Waals surface area contributed by atoms with Gasteiger partial charge in [0.1, 0.15) is 0 Å². The van der Waals surface area contributed by atoms with Crippen LogP contribution in [0.5, 0.6) is 0 Å². The van der Waals surface area contributed by atoms with Gasteiger partial charge in [-0.1, -0.05) is 0 Å². The fourth-order valence-corrected chi connectivity index (χ4v) is 0.485. The van der Waals surface area contributed by atoms with E-state index in [4.69, 9.17) is 5.26 Å². The average molecular weight is 165 g/mol. The average Bonchev–Trinajstić information content (AvgIpc) is 2.00. The predicted molar refractivity (Wildman–Crippen MR) is 31.5 cm³/mol. The number of hydrogen-bond acceptors (Lipinski definition) is 4. The van der Waals surface area contributed by atoms with E-state index in [1.54, 1.807) is 6.07 Å². The van der Waals surface area contributed by atoms with E-state index in [0.717, 1.165) is 0 Å². The maximum Gasteiger partial charge on any atom is 1.00 e. The minimum absolute atomic E-state index is 0. The van der Waals surface area contributed by atoms with Crippen molar-refractivity contribution < 1.29 is 44.1 Å². The molecule has 0 atom stereocenters. The summed E-state index contributed by atoms with van der Waals surface area (Å²) in [6.07, 6.45) is -0.417. The topological polar surface area (TPSA) is 65.3 Å². The molecule has 0 radical (unpaired) electrons. The molecule has 0 heterocycles. The molecule has 0 aromatic heterocycles. The third kappa shape index (κ3) is 4.40. The van der Waals surface area contributed by atoms with Crippen LogP contribution in [0.3, 0.4) is 0 Å². The van der Waals surface area contributed by atoms with Gasteiger partial charge in [0.15, 0.2) is 6.29 Å². The molecule has 11 heavy (non-hydrogen) atoms. The molecule has 0 rings (SSSR count). The zero-order chi connectivity index (χ0) is 7.98. The predicted octanol–water partition coefficient (Wildman–Crippen LogP) is -3.62. The summed E-state index contributed by atoms with van der Waals surface area (Å²) < 4.78 is 9.26. The van der Waals surface area contributed by atoms with E-state index < -0.39 is 6.29 Å². The molecule has 0 saturated carbocycles. The van der Waals surface area contributed by atoms with Crippen LogP contribution in [0.1, 0.15) is 0 Å². The summed E-state index contributed by atoms with van der Waals surface area (Å²) in [6.45, 7) is 0. The van der Waals surface area contributed by atoms with E-state index >= 15 is 0 Å². The normalized spacial score (nSPS) is 10.5. The van der Waals surface area contributed by atoms with Gasteiger partial charge < -0.3 is 14.6 Å². The fraction of sp³-hybridized carbons (Fsp3) is 0.500. The number of nitriles is 1. The summed E-state index contributed by atoms with van der Waals surface area (Å²) in [6, 6.07) is 1.65. The van der Waals surface area contributed by atoms with Crippen LogP contribution in [0.2, 0.25) is 0 Å². The first kappa shape index (κ1) is 13.5. The minimum Gasteiger partial charge on any atom is -0.877 e. The Hall–Kier alpha value is -0.0500. The van der Waals surface area contributed by atoms with Crippen LogP contribution in [0.25, 0.3) is 0 Å². The molecular weight excluding hydrogens is 157 g/mol. The smallest absolute Gasteiger partial charge is 0.877 e. The van der Waals surface area contributed by atoms with E-state index in [1.165, 1.54) is 14.2 Å². The van der Waals surface area contributed by atoms with Crippen molar-refractivity contribution in [1.82, 2.24) is 0 Å². The molecule has 4 nitrogen and oxygen atoms in total.